The maximum absolute atomic E-state index is 11.8. The highest BCUT2D eigenvalue weighted by Crippen LogP contribution is 2.32. The van der Waals surface area contributed by atoms with Crippen LogP contribution in [0, 0.1) is 33.6 Å². The summed E-state index contributed by atoms with van der Waals surface area (Å²) >= 11 is 0. The van der Waals surface area contributed by atoms with Crippen molar-refractivity contribution in [2.24, 2.45) is 5.92 Å². The Bertz CT molecular complexity index is 433. The van der Waals surface area contributed by atoms with Crippen LogP contribution < -0.4 is 11.1 Å². The van der Waals surface area contributed by atoms with Crippen molar-refractivity contribution in [2.75, 3.05) is 11.1 Å². The summed E-state index contributed by atoms with van der Waals surface area (Å²) in [6.45, 7) is 11.7. The molecule has 0 bridgehead atoms. The van der Waals surface area contributed by atoms with E-state index in [1.165, 1.54) is 0 Å². The largest absolute Gasteiger partial charge is 0.398 e. The Labute approximate surface area is 103 Å². The standard InChI is InChI=1S/C14H22N2O/c1-7(2)14(17)16-13-10(5)8(3)12(15)9(4)11(13)6/h7H,15H2,1-6H3,(H,16,17). The fraction of sp³-hybridized carbons (Fsp3) is 0.500. The van der Waals surface area contributed by atoms with Crippen LogP contribution in [0.25, 0.3) is 0 Å². The topological polar surface area (TPSA) is 55.1 Å². The van der Waals surface area contributed by atoms with Crippen molar-refractivity contribution >= 4 is 17.3 Å². The number of nitrogens with one attached hydrogen (secondary N) is 1. The van der Waals surface area contributed by atoms with E-state index in [0.29, 0.717) is 0 Å². The molecule has 17 heavy (non-hydrogen) atoms. The molecule has 0 aromatic heterocycles. The van der Waals surface area contributed by atoms with Crippen molar-refractivity contribution in [1.82, 2.24) is 0 Å². The van der Waals surface area contributed by atoms with Crippen LogP contribution in [0.5, 0.6) is 0 Å². The van der Waals surface area contributed by atoms with Crippen molar-refractivity contribution in [3.05, 3.63) is 22.3 Å². The molecule has 0 aliphatic rings. The summed E-state index contributed by atoms with van der Waals surface area (Å²) in [4.78, 5) is 11.8. The third kappa shape index (κ3) is 2.43. The van der Waals surface area contributed by atoms with Crippen LogP contribution in [0.15, 0.2) is 0 Å². The van der Waals surface area contributed by atoms with Crippen LogP contribution in [0.2, 0.25) is 0 Å². The summed E-state index contributed by atoms with van der Waals surface area (Å²) in [5.41, 5.74) is 12.0. The van der Waals surface area contributed by atoms with Crippen LogP contribution in [0.1, 0.15) is 36.1 Å². The van der Waals surface area contributed by atoms with Crippen LogP contribution in [0.3, 0.4) is 0 Å². The van der Waals surface area contributed by atoms with Crippen LogP contribution in [0.4, 0.5) is 11.4 Å². The number of hydrogen-bond acceptors (Lipinski definition) is 2. The molecule has 0 saturated carbocycles. The van der Waals surface area contributed by atoms with E-state index in [-0.39, 0.29) is 11.8 Å². The highest BCUT2D eigenvalue weighted by atomic mass is 16.1. The van der Waals surface area contributed by atoms with Crippen molar-refractivity contribution in [2.45, 2.75) is 41.5 Å². The number of nitrogens with two attached hydrogens (primary N) is 1. The van der Waals surface area contributed by atoms with Crippen LogP contribution in [-0.2, 0) is 4.79 Å². The number of amides is 1. The first kappa shape index (κ1) is 13.6. The third-order valence-electron chi connectivity index (χ3n) is 3.46. The minimum absolute atomic E-state index is 0.0213. The van der Waals surface area contributed by atoms with Gasteiger partial charge in [-0.2, -0.15) is 0 Å². The summed E-state index contributed by atoms with van der Waals surface area (Å²) in [7, 11) is 0. The van der Waals surface area contributed by atoms with E-state index in [4.69, 9.17) is 5.73 Å². The van der Waals surface area contributed by atoms with Gasteiger partial charge in [0.05, 0.1) is 0 Å². The fourth-order valence-corrected chi connectivity index (χ4v) is 1.80. The molecule has 3 heteroatoms. The molecule has 1 aromatic carbocycles. The monoisotopic (exact) mass is 234 g/mol. The zero-order chi connectivity index (χ0) is 13.3. The number of anilines is 2. The average Bonchev–Trinajstić information content (AvgIpc) is 2.29. The van der Waals surface area contributed by atoms with Crippen molar-refractivity contribution < 1.29 is 4.79 Å². The first-order valence-corrected chi connectivity index (χ1v) is 5.94. The average molecular weight is 234 g/mol. The van der Waals surface area contributed by atoms with Gasteiger partial charge < -0.3 is 11.1 Å². The maximum Gasteiger partial charge on any atom is 0.226 e. The molecule has 0 radical (unpaired) electrons. The summed E-state index contributed by atoms with van der Waals surface area (Å²) in [5, 5.41) is 2.99. The Morgan fingerprint density at radius 1 is 1.00 bits per heavy atom. The van der Waals surface area contributed by atoms with Gasteiger partial charge in [-0.1, -0.05) is 13.8 Å². The molecule has 1 aromatic rings. The molecule has 0 atom stereocenters. The SMILES string of the molecule is Cc1c(C)c(NC(=O)C(C)C)c(C)c(C)c1N. The van der Waals surface area contributed by atoms with E-state index in [1.54, 1.807) is 0 Å². The van der Waals surface area contributed by atoms with Crippen molar-refractivity contribution in [1.29, 1.82) is 0 Å². The second-order valence-electron chi connectivity index (χ2n) is 4.93. The van der Waals surface area contributed by atoms with Gasteiger partial charge in [-0.25, -0.2) is 0 Å². The van der Waals surface area contributed by atoms with Gasteiger partial charge in [-0.05, 0) is 49.9 Å². The summed E-state index contributed by atoms with van der Waals surface area (Å²) in [6, 6.07) is 0. The minimum Gasteiger partial charge on any atom is -0.398 e. The van der Waals surface area contributed by atoms with Gasteiger partial charge in [0.1, 0.15) is 0 Å². The molecule has 0 unspecified atom stereocenters. The van der Waals surface area contributed by atoms with Gasteiger partial charge in [0.2, 0.25) is 5.91 Å². The molecular formula is C14H22N2O. The lowest BCUT2D eigenvalue weighted by molar-refractivity contribution is -0.118. The normalized spacial score (nSPS) is 10.8. The Hall–Kier alpha value is -1.51. The quantitative estimate of drug-likeness (QED) is 0.772. The predicted octanol–water partition coefficient (Wildman–Crippen LogP) is 3.10. The van der Waals surface area contributed by atoms with Gasteiger partial charge in [0.15, 0.2) is 0 Å². The first-order chi connectivity index (χ1) is 7.77. The molecule has 1 amide bonds. The zero-order valence-corrected chi connectivity index (χ0v) is 11.6. The zero-order valence-electron chi connectivity index (χ0n) is 11.6. The Kier molecular flexibility index (Phi) is 3.81. The number of benzene rings is 1. The lowest BCUT2D eigenvalue weighted by Gasteiger charge is -2.19. The van der Waals surface area contributed by atoms with E-state index in [1.807, 2.05) is 41.5 Å². The Balaban J connectivity index is 3.30. The molecule has 0 heterocycles. The lowest BCUT2D eigenvalue weighted by Crippen LogP contribution is -2.20. The third-order valence-corrected chi connectivity index (χ3v) is 3.46. The number of carbonyl (C=O) groups is 1. The molecule has 0 aliphatic carbocycles. The second-order valence-corrected chi connectivity index (χ2v) is 4.93. The van der Waals surface area contributed by atoms with E-state index >= 15 is 0 Å². The summed E-state index contributed by atoms with van der Waals surface area (Å²) in [6.07, 6.45) is 0. The summed E-state index contributed by atoms with van der Waals surface area (Å²) < 4.78 is 0. The molecule has 3 N–H and O–H groups in total. The molecule has 0 aliphatic heterocycles. The second kappa shape index (κ2) is 4.78. The van der Waals surface area contributed by atoms with Gasteiger partial charge in [0.25, 0.3) is 0 Å². The number of rotatable bonds is 2. The highest BCUT2D eigenvalue weighted by Gasteiger charge is 2.16. The van der Waals surface area contributed by atoms with Crippen molar-refractivity contribution in [3.8, 4) is 0 Å². The van der Waals surface area contributed by atoms with Crippen LogP contribution in [-0.4, -0.2) is 5.91 Å². The number of hydrogen-bond donors (Lipinski definition) is 2. The predicted molar refractivity (Wildman–Crippen MR) is 73.3 cm³/mol. The molecule has 0 fully saturated rings. The smallest absolute Gasteiger partial charge is 0.226 e. The molecule has 0 spiro atoms. The Morgan fingerprint density at radius 3 is 1.76 bits per heavy atom. The maximum atomic E-state index is 11.8. The molecule has 94 valence electrons. The fourth-order valence-electron chi connectivity index (χ4n) is 1.80. The minimum atomic E-state index is -0.0213. The van der Waals surface area contributed by atoms with Gasteiger partial charge in [0, 0.05) is 17.3 Å². The molecule has 3 nitrogen and oxygen atoms in total. The Morgan fingerprint density at radius 2 is 1.41 bits per heavy atom. The lowest BCUT2D eigenvalue weighted by atomic mass is 9.96. The molecule has 1 rings (SSSR count). The van der Waals surface area contributed by atoms with E-state index in [9.17, 15) is 4.79 Å². The van der Waals surface area contributed by atoms with Crippen LogP contribution >= 0.6 is 0 Å². The van der Waals surface area contributed by atoms with Gasteiger partial charge in [-0.15, -0.1) is 0 Å². The van der Waals surface area contributed by atoms with Crippen molar-refractivity contribution in [3.63, 3.8) is 0 Å². The molecular weight excluding hydrogens is 212 g/mol. The highest BCUT2D eigenvalue weighted by molar-refractivity contribution is 5.94. The summed E-state index contributed by atoms with van der Waals surface area (Å²) in [5.74, 6) is 0.0201. The number of nitrogen functional groups attached to an aromatic ring is 1. The van der Waals surface area contributed by atoms with Gasteiger partial charge in [-0.3, -0.25) is 4.79 Å². The van der Waals surface area contributed by atoms with E-state index in [2.05, 4.69) is 5.32 Å². The van der Waals surface area contributed by atoms with E-state index < -0.39 is 0 Å². The molecule has 0 saturated heterocycles. The first-order valence-electron chi connectivity index (χ1n) is 5.94. The number of carbonyl (C=O) groups excluding carboxylic acids is 1. The van der Waals surface area contributed by atoms with Gasteiger partial charge >= 0.3 is 0 Å². The van der Waals surface area contributed by atoms with E-state index in [0.717, 1.165) is 33.6 Å².